The Hall–Kier alpha value is -1.17. The van der Waals surface area contributed by atoms with Crippen LogP contribution < -0.4 is 5.73 Å². The van der Waals surface area contributed by atoms with Crippen LogP contribution in [-0.4, -0.2) is 23.5 Å². The number of ether oxygens (including phenoxy) is 1. The first-order valence-electron chi connectivity index (χ1n) is 6.57. The second kappa shape index (κ2) is 6.52. The summed E-state index contributed by atoms with van der Waals surface area (Å²) in [6.07, 6.45) is 1.78. The second-order valence-electron chi connectivity index (χ2n) is 4.92. The molecule has 2 N–H and O–H groups in total. The number of nitrogens with zero attached hydrogens (tertiary/aromatic N) is 2. The van der Waals surface area contributed by atoms with Crippen molar-refractivity contribution in [3.05, 3.63) is 51.3 Å². The Labute approximate surface area is 128 Å². The van der Waals surface area contributed by atoms with E-state index in [1.165, 1.54) is 11.1 Å². The van der Waals surface area contributed by atoms with E-state index in [0.29, 0.717) is 13.2 Å². The van der Waals surface area contributed by atoms with Gasteiger partial charge in [-0.15, -0.1) is 0 Å². The van der Waals surface area contributed by atoms with Crippen LogP contribution >= 0.6 is 15.9 Å². The molecular weight excluding hydrogens is 318 g/mol. The lowest BCUT2D eigenvalue weighted by Crippen LogP contribution is -2.19. The minimum absolute atomic E-state index is 0.206. The maximum absolute atomic E-state index is 6.42. The van der Waals surface area contributed by atoms with Crippen molar-refractivity contribution in [3.8, 4) is 0 Å². The highest BCUT2D eigenvalue weighted by atomic mass is 79.9. The first-order chi connectivity index (χ1) is 9.54. The van der Waals surface area contributed by atoms with Crippen LogP contribution in [0.15, 0.2) is 28.9 Å². The van der Waals surface area contributed by atoms with Gasteiger partial charge in [-0.2, -0.15) is 5.10 Å². The fourth-order valence-corrected chi connectivity index (χ4v) is 2.70. The first-order valence-corrected chi connectivity index (χ1v) is 7.36. The molecule has 108 valence electrons. The minimum atomic E-state index is -0.206. The molecule has 0 aliphatic carbocycles. The van der Waals surface area contributed by atoms with Crippen molar-refractivity contribution in [1.82, 2.24) is 9.78 Å². The zero-order chi connectivity index (χ0) is 14.7. The number of hydrogen-bond acceptors (Lipinski definition) is 3. The van der Waals surface area contributed by atoms with Gasteiger partial charge < -0.3 is 10.5 Å². The zero-order valence-electron chi connectivity index (χ0n) is 12.1. The van der Waals surface area contributed by atoms with Gasteiger partial charge in [0.05, 0.1) is 35.6 Å². The molecule has 0 spiro atoms. The molecule has 0 saturated heterocycles. The molecule has 0 aliphatic rings. The van der Waals surface area contributed by atoms with E-state index in [9.17, 15) is 0 Å². The maximum Gasteiger partial charge on any atom is 0.0739 e. The van der Waals surface area contributed by atoms with Gasteiger partial charge in [-0.1, -0.05) is 18.2 Å². The zero-order valence-corrected chi connectivity index (χ0v) is 13.6. The SMILES string of the molecule is COCCn1ncc(Br)c1C(N)c1ccc(C)c(C)c1. The molecule has 1 unspecified atom stereocenters. The molecule has 1 heterocycles. The van der Waals surface area contributed by atoms with E-state index in [0.717, 1.165) is 15.7 Å². The maximum atomic E-state index is 6.42. The molecule has 5 heteroatoms. The van der Waals surface area contributed by atoms with Gasteiger partial charge in [0.2, 0.25) is 0 Å². The highest BCUT2D eigenvalue weighted by Gasteiger charge is 2.18. The second-order valence-corrected chi connectivity index (χ2v) is 5.77. The van der Waals surface area contributed by atoms with E-state index in [2.05, 4.69) is 53.1 Å². The standard InChI is InChI=1S/C15H20BrN3O/c1-10-4-5-12(8-11(10)2)14(17)15-13(16)9-18-19(15)6-7-20-3/h4-5,8-9,14H,6-7,17H2,1-3H3. The van der Waals surface area contributed by atoms with E-state index < -0.39 is 0 Å². The number of nitrogens with two attached hydrogens (primary N) is 1. The number of rotatable bonds is 5. The average Bonchev–Trinajstić information content (AvgIpc) is 2.80. The molecule has 2 aromatic rings. The lowest BCUT2D eigenvalue weighted by molar-refractivity contribution is 0.182. The molecule has 0 amide bonds. The van der Waals surface area contributed by atoms with Crippen molar-refractivity contribution in [2.75, 3.05) is 13.7 Å². The Morgan fingerprint density at radius 3 is 2.75 bits per heavy atom. The highest BCUT2D eigenvalue weighted by molar-refractivity contribution is 9.10. The lowest BCUT2D eigenvalue weighted by atomic mass is 9.99. The number of aryl methyl sites for hydroxylation is 2. The Bertz CT molecular complexity index is 595. The molecule has 1 aromatic carbocycles. The third-order valence-corrected chi connectivity index (χ3v) is 4.14. The number of hydrogen-bond donors (Lipinski definition) is 1. The van der Waals surface area contributed by atoms with Crippen LogP contribution in [0, 0.1) is 13.8 Å². The average molecular weight is 338 g/mol. The third kappa shape index (κ3) is 3.11. The summed E-state index contributed by atoms with van der Waals surface area (Å²) in [6.45, 7) is 5.50. The van der Waals surface area contributed by atoms with Gasteiger partial charge in [0, 0.05) is 7.11 Å². The molecule has 0 fully saturated rings. The molecule has 1 atom stereocenters. The molecule has 1 aromatic heterocycles. The van der Waals surface area contributed by atoms with Crippen molar-refractivity contribution in [3.63, 3.8) is 0 Å². The fraction of sp³-hybridized carbons (Fsp3) is 0.400. The van der Waals surface area contributed by atoms with Crippen molar-refractivity contribution in [1.29, 1.82) is 0 Å². The predicted molar refractivity (Wildman–Crippen MR) is 83.7 cm³/mol. The van der Waals surface area contributed by atoms with Gasteiger partial charge in [-0.05, 0) is 46.5 Å². The van der Waals surface area contributed by atoms with Crippen molar-refractivity contribution in [2.24, 2.45) is 5.73 Å². The quantitative estimate of drug-likeness (QED) is 0.912. The fourth-order valence-electron chi connectivity index (χ4n) is 2.15. The summed E-state index contributed by atoms with van der Waals surface area (Å²) < 4.78 is 7.94. The summed E-state index contributed by atoms with van der Waals surface area (Å²) in [4.78, 5) is 0. The van der Waals surface area contributed by atoms with Gasteiger partial charge >= 0.3 is 0 Å². The van der Waals surface area contributed by atoms with Crippen LogP contribution in [-0.2, 0) is 11.3 Å². The topological polar surface area (TPSA) is 53.1 Å². The van der Waals surface area contributed by atoms with Crippen LogP contribution in [0.25, 0.3) is 0 Å². The highest BCUT2D eigenvalue weighted by Crippen LogP contribution is 2.27. The van der Waals surface area contributed by atoms with Crippen molar-refractivity contribution >= 4 is 15.9 Å². The number of halogens is 1. The van der Waals surface area contributed by atoms with E-state index >= 15 is 0 Å². The van der Waals surface area contributed by atoms with E-state index in [1.54, 1.807) is 13.3 Å². The summed E-state index contributed by atoms with van der Waals surface area (Å²) in [5.41, 5.74) is 11.0. The molecule has 0 radical (unpaired) electrons. The normalized spacial score (nSPS) is 12.7. The van der Waals surface area contributed by atoms with E-state index in [-0.39, 0.29) is 6.04 Å². The monoisotopic (exact) mass is 337 g/mol. The number of methoxy groups -OCH3 is 1. The molecule has 0 saturated carbocycles. The largest absolute Gasteiger partial charge is 0.383 e. The summed E-state index contributed by atoms with van der Waals surface area (Å²) in [6, 6.07) is 6.12. The predicted octanol–water partition coefficient (Wildman–Crippen LogP) is 2.96. The molecule has 0 bridgehead atoms. The lowest BCUT2D eigenvalue weighted by Gasteiger charge is -2.16. The Morgan fingerprint density at radius 2 is 2.10 bits per heavy atom. The van der Waals surface area contributed by atoms with Crippen molar-refractivity contribution in [2.45, 2.75) is 26.4 Å². The Balaban J connectivity index is 2.34. The van der Waals surface area contributed by atoms with E-state index in [4.69, 9.17) is 10.5 Å². The Kier molecular flexibility index (Phi) is 4.96. The van der Waals surface area contributed by atoms with Gasteiger partial charge in [0.1, 0.15) is 0 Å². The summed E-state index contributed by atoms with van der Waals surface area (Å²) in [7, 11) is 1.68. The van der Waals surface area contributed by atoms with Crippen LogP contribution in [0.5, 0.6) is 0 Å². The summed E-state index contributed by atoms with van der Waals surface area (Å²) >= 11 is 3.54. The van der Waals surface area contributed by atoms with Gasteiger partial charge in [-0.3, -0.25) is 4.68 Å². The Morgan fingerprint density at radius 1 is 1.35 bits per heavy atom. The smallest absolute Gasteiger partial charge is 0.0739 e. The van der Waals surface area contributed by atoms with Crippen molar-refractivity contribution < 1.29 is 4.74 Å². The van der Waals surface area contributed by atoms with E-state index in [1.807, 2.05) is 4.68 Å². The van der Waals surface area contributed by atoms with Gasteiger partial charge in [0.25, 0.3) is 0 Å². The molecule has 0 aliphatic heterocycles. The summed E-state index contributed by atoms with van der Waals surface area (Å²) in [5.74, 6) is 0. The summed E-state index contributed by atoms with van der Waals surface area (Å²) in [5, 5.41) is 4.35. The van der Waals surface area contributed by atoms with Crippen LogP contribution in [0.4, 0.5) is 0 Å². The van der Waals surface area contributed by atoms with Gasteiger partial charge in [-0.25, -0.2) is 0 Å². The number of benzene rings is 1. The molecule has 20 heavy (non-hydrogen) atoms. The van der Waals surface area contributed by atoms with Crippen LogP contribution in [0.3, 0.4) is 0 Å². The first kappa shape index (κ1) is 15.2. The molecular formula is C15H20BrN3O. The molecule has 2 rings (SSSR count). The number of aromatic nitrogens is 2. The molecule has 4 nitrogen and oxygen atoms in total. The van der Waals surface area contributed by atoms with Gasteiger partial charge in [0.15, 0.2) is 0 Å². The minimum Gasteiger partial charge on any atom is -0.383 e. The third-order valence-electron chi connectivity index (χ3n) is 3.53. The van der Waals surface area contributed by atoms with Crippen LogP contribution in [0.1, 0.15) is 28.4 Å². The van der Waals surface area contributed by atoms with Crippen LogP contribution in [0.2, 0.25) is 0 Å².